The van der Waals surface area contributed by atoms with E-state index in [2.05, 4.69) is 4.57 Å². The minimum atomic E-state index is -0.330. The van der Waals surface area contributed by atoms with Crippen molar-refractivity contribution in [2.45, 2.75) is 26.7 Å². The Hall–Kier alpha value is -3.53. The lowest BCUT2D eigenvalue weighted by Gasteiger charge is -2.30. The number of piperidine rings is 1. The van der Waals surface area contributed by atoms with E-state index in [4.69, 9.17) is 10.5 Å². The maximum absolute atomic E-state index is 12.9. The van der Waals surface area contributed by atoms with E-state index in [-0.39, 0.29) is 23.3 Å². The second-order valence-corrected chi connectivity index (χ2v) is 7.50. The maximum atomic E-state index is 12.9. The highest BCUT2D eigenvalue weighted by atomic mass is 16.5. The molecule has 0 unspecified atom stereocenters. The van der Waals surface area contributed by atoms with Crippen molar-refractivity contribution in [2.24, 2.45) is 11.7 Å². The van der Waals surface area contributed by atoms with Gasteiger partial charge in [-0.25, -0.2) is 0 Å². The number of amides is 2. The molecule has 1 aromatic heterocycles. The van der Waals surface area contributed by atoms with Gasteiger partial charge in [0.2, 0.25) is 5.91 Å². The molecule has 0 bridgehead atoms. The summed E-state index contributed by atoms with van der Waals surface area (Å²) in [5.74, 6) is -0.0652. The number of hydrogen-bond donors (Lipinski definition) is 1. The van der Waals surface area contributed by atoms with Crippen molar-refractivity contribution < 1.29 is 14.3 Å². The first kappa shape index (κ1) is 21.2. The van der Waals surface area contributed by atoms with Gasteiger partial charge in [-0.05, 0) is 68.7 Å². The van der Waals surface area contributed by atoms with Crippen LogP contribution in [-0.2, 0) is 9.59 Å². The van der Waals surface area contributed by atoms with Crippen LogP contribution in [0.15, 0.2) is 35.9 Å². The van der Waals surface area contributed by atoms with Gasteiger partial charge in [-0.3, -0.25) is 9.59 Å². The molecule has 2 heterocycles. The molecule has 0 spiro atoms. The Kier molecular flexibility index (Phi) is 6.26. The number of aryl methyl sites for hydroxylation is 1. The standard InChI is InChI=1S/C23H26N4O3/c1-15-12-18(16(2)27(15)20-4-6-21(30-3)7-5-20)13-19(14-24)23(29)26-10-8-17(9-11-26)22(25)28/h4-7,12-13,17H,8-11H2,1-3H3,(H2,25,28). The number of methoxy groups -OCH3 is 1. The molecule has 1 aromatic carbocycles. The third kappa shape index (κ3) is 4.23. The third-order valence-electron chi connectivity index (χ3n) is 5.64. The highest BCUT2D eigenvalue weighted by molar-refractivity contribution is 6.02. The van der Waals surface area contributed by atoms with Crippen LogP contribution in [0.4, 0.5) is 0 Å². The highest BCUT2D eigenvalue weighted by Crippen LogP contribution is 2.25. The van der Waals surface area contributed by atoms with Gasteiger partial charge in [0, 0.05) is 36.1 Å². The van der Waals surface area contributed by atoms with Crippen LogP contribution in [0.3, 0.4) is 0 Å². The summed E-state index contributed by atoms with van der Waals surface area (Å²) in [6.07, 6.45) is 2.71. The molecule has 1 aliphatic rings. The molecule has 2 amide bonds. The van der Waals surface area contributed by atoms with E-state index < -0.39 is 0 Å². The van der Waals surface area contributed by atoms with Crippen LogP contribution in [0, 0.1) is 31.1 Å². The molecule has 2 N–H and O–H groups in total. The van der Waals surface area contributed by atoms with Gasteiger partial charge in [-0.2, -0.15) is 5.26 Å². The van der Waals surface area contributed by atoms with Gasteiger partial charge in [0.05, 0.1) is 7.11 Å². The van der Waals surface area contributed by atoms with Crippen LogP contribution in [0.25, 0.3) is 11.8 Å². The van der Waals surface area contributed by atoms with Crippen molar-refractivity contribution in [1.29, 1.82) is 5.26 Å². The first-order chi connectivity index (χ1) is 14.3. The molecule has 1 aliphatic heterocycles. The summed E-state index contributed by atoms with van der Waals surface area (Å²) >= 11 is 0. The molecule has 7 heteroatoms. The zero-order valence-electron chi connectivity index (χ0n) is 17.5. The number of likely N-dealkylation sites (tertiary alicyclic amines) is 1. The van der Waals surface area contributed by atoms with Crippen LogP contribution in [0.1, 0.15) is 29.8 Å². The molecule has 3 rings (SSSR count). The zero-order valence-corrected chi connectivity index (χ0v) is 17.5. The number of nitriles is 1. The average molecular weight is 406 g/mol. The fraction of sp³-hybridized carbons (Fsp3) is 0.348. The van der Waals surface area contributed by atoms with E-state index in [0.717, 1.165) is 28.4 Å². The Balaban J connectivity index is 1.85. The van der Waals surface area contributed by atoms with Gasteiger partial charge in [0.1, 0.15) is 17.4 Å². The molecule has 1 saturated heterocycles. The Morgan fingerprint density at radius 2 is 1.83 bits per heavy atom. The molecular formula is C23H26N4O3. The molecule has 2 aromatic rings. The molecule has 0 radical (unpaired) electrons. The predicted molar refractivity (Wildman–Crippen MR) is 114 cm³/mol. The van der Waals surface area contributed by atoms with Crippen LogP contribution < -0.4 is 10.5 Å². The van der Waals surface area contributed by atoms with E-state index >= 15 is 0 Å². The Bertz CT molecular complexity index is 1020. The lowest BCUT2D eigenvalue weighted by Crippen LogP contribution is -2.42. The molecule has 156 valence electrons. The number of nitrogens with two attached hydrogens (primary N) is 1. The largest absolute Gasteiger partial charge is 0.497 e. The average Bonchev–Trinajstić information content (AvgIpc) is 3.04. The fourth-order valence-corrected chi connectivity index (χ4v) is 3.90. The number of carbonyl (C=O) groups excluding carboxylic acids is 2. The molecule has 7 nitrogen and oxygen atoms in total. The van der Waals surface area contributed by atoms with Crippen molar-refractivity contribution in [3.63, 3.8) is 0 Å². The Labute approximate surface area is 176 Å². The number of rotatable bonds is 5. The molecule has 0 atom stereocenters. The predicted octanol–water partition coefficient (Wildman–Crippen LogP) is 2.73. The summed E-state index contributed by atoms with van der Waals surface area (Å²) in [4.78, 5) is 25.8. The summed E-state index contributed by atoms with van der Waals surface area (Å²) in [6.45, 7) is 4.80. The number of primary amides is 1. The van der Waals surface area contributed by atoms with Crippen LogP contribution in [0.5, 0.6) is 5.75 Å². The number of ether oxygens (including phenoxy) is 1. The fourth-order valence-electron chi connectivity index (χ4n) is 3.90. The number of nitrogens with zero attached hydrogens (tertiary/aromatic N) is 3. The van der Waals surface area contributed by atoms with Crippen LogP contribution in [0.2, 0.25) is 0 Å². The van der Waals surface area contributed by atoms with E-state index in [0.29, 0.717) is 25.9 Å². The van der Waals surface area contributed by atoms with E-state index in [1.54, 1.807) is 18.1 Å². The molecule has 0 aliphatic carbocycles. The van der Waals surface area contributed by atoms with Gasteiger partial charge < -0.3 is 19.9 Å². The monoisotopic (exact) mass is 406 g/mol. The summed E-state index contributed by atoms with van der Waals surface area (Å²) in [5.41, 5.74) is 9.17. The van der Waals surface area contributed by atoms with Crippen molar-refractivity contribution >= 4 is 17.9 Å². The third-order valence-corrected chi connectivity index (χ3v) is 5.64. The summed E-state index contributed by atoms with van der Waals surface area (Å²) < 4.78 is 7.29. The summed E-state index contributed by atoms with van der Waals surface area (Å²) in [5, 5.41) is 9.61. The number of aromatic nitrogens is 1. The van der Waals surface area contributed by atoms with Crippen LogP contribution >= 0.6 is 0 Å². The number of benzene rings is 1. The summed E-state index contributed by atoms with van der Waals surface area (Å²) in [6, 6.07) is 11.7. The van der Waals surface area contributed by atoms with E-state index in [1.165, 1.54) is 0 Å². The second kappa shape index (κ2) is 8.87. The molecule has 30 heavy (non-hydrogen) atoms. The minimum absolute atomic E-state index is 0.0857. The van der Waals surface area contributed by atoms with E-state index in [9.17, 15) is 14.9 Å². The van der Waals surface area contributed by atoms with Crippen molar-refractivity contribution in [3.8, 4) is 17.5 Å². The van der Waals surface area contributed by atoms with Crippen molar-refractivity contribution in [1.82, 2.24) is 9.47 Å². The lowest BCUT2D eigenvalue weighted by molar-refractivity contribution is -0.131. The maximum Gasteiger partial charge on any atom is 0.264 e. The van der Waals surface area contributed by atoms with E-state index in [1.807, 2.05) is 50.2 Å². The number of carbonyl (C=O) groups is 2. The van der Waals surface area contributed by atoms with Gasteiger partial charge in [-0.1, -0.05) is 0 Å². The molecular weight excluding hydrogens is 380 g/mol. The molecule has 0 saturated carbocycles. The van der Waals surface area contributed by atoms with Gasteiger partial charge in [0.15, 0.2) is 0 Å². The SMILES string of the molecule is COc1ccc(-n2c(C)cc(C=C(C#N)C(=O)N3CCC(C(N)=O)CC3)c2C)cc1. The quantitative estimate of drug-likeness (QED) is 0.609. The van der Waals surface area contributed by atoms with Gasteiger partial charge in [-0.15, -0.1) is 0 Å². The lowest BCUT2D eigenvalue weighted by atomic mass is 9.96. The normalized spacial score (nSPS) is 15.0. The molecule has 1 fully saturated rings. The zero-order chi connectivity index (χ0) is 21.8. The topological polar surface area (TPSA) is 101 Å². The number of hydrogen-bond acceptors (Lipinski definition) is 4. The highest BCUT2D eigenvalue weighted by Gasteiger charge is 2.27. The van der Waals surface area contributed by atoms with Crippen molar-refractivity contribution in [2.75, 3.05) is 20.2 Å². The van der Waals surface area contributed by atoms with Gasteiger partial charge in [0.25, 0.3) is 5.91 Å². The second-order valence-electron chi connectivity index (χ2n) is 7.50. The van der Waals surface area contributed by atoms with Gasteiger partial charge >= 0.3 is 0 Å². The van der Waals surface area contributed by atoms with Crippen LogP contribution in [-0.4, -0.2) is 41.5 Å². The van der Waals surface area contributed by atoms with Crippen molar-refractivity contribution in [3.05, 3.63) is 52.9 Å². The first-order valence-electron chi connectivity index (χ1n) is 9.89. The smallest absolute Gasteiger partial charge is 0.264 e. The Morgan fingerprint density at radius 1 is 1.20 bits per heavy atom. The summed E-state index contributed by atoms with van der Waals surface area (Å²) in [7, 11) is 1.63. The first-order valence-corrected chi connectivity index (χ1v) is 9.89. The minimum Gasteiger partial charge on any atom is -0.497 e. The Morgan fingerprint density at radius 3 is 2.37 bits per heavy atom.